The summed E-state index contributed by atoms with van der Waals surface area (Å²) < 4.78 is 10.7. The zero-order valence-electron chi connectivity index (χ0n) is 13.2. The van der Waals surface area contributed by atoms with Gasteiger partial charge in [0, 0.05) is 23.4 Å². The molecule has 6 N–H and O–H groups in total. The highest BCUT2D eigenvalue weighted by Crippen LogP contribution is 2.39. The predicted molar refractivity (Wildman–Crippen MR) is 90.6 cm³/mol. The lowest BCUT2D eigenvalue weighted by atomic mass is 9.93. The summed E-state index contributed by atoms with van der Waals surface area (Å²) in [5.74, 6) is 1.30. The molecule has 1 unspecified atom stereocenters. The fourth-order valence-electron chi connectivity index (χ4n) is 2.51. The summed E-state index contributed by atoms with van der Waals surface area (Å²) in [6.07, 6.45) is -0.700. The van der Waals surface area contributed by atoms with Crippen LogP contribution in [0.3, 0.4) is 0 Å². The van der Waals surface area contributed by atoms with E-state index in [4.69, 9.17) is 26.0 Å². The Morgan fingerprint density at radius 3 is 2.39 bits per heavy atom. The molecule has 0 aliphatic rings. The molecule has 1 atom stereocenters. The van der Waals surface area contributed by atoms with Crippen LogP contribution in [0.25, 0.3) is 11.1 Å². The second kappa shape index (κ2) is 7.21. The van der Waals surface area contributed by atoms with Crippen LogP contribution in [0.15, 0.2) is 30.3 Å². The smallest absolute Gasteiger partial charge is 0.126 e. The van der Waals surface area contributed by atoms with E-state index in [-0.39, 0.29) is 13.0 Å². The summed E-state index contributed by atoms with van der Waals surface area (Å²) in [6.45, 7) is -0.349. The van der Waals surface area contributed by atoms with Crippen LogP contribution >= 0.6 is 0 Å². The molecule has 6 heteroatoms. The molecule has 23 heavy (non-hydrogen) atoms. The van der Waals surface area contributed by atoms with E-state index in [2.05, 4.69) is 0 Å². The van der Waals surface area contributed by atoms with Crippen LogP contribution in [0.5, 0.6) is 11.5 Å². The van der Waals surface area contributed by atoms with E-state index in [0.717, 1.165) is 11.1 Å². The first-order chi connectivity index (χ1) is 11.0. The molecule has 124 valence electrons. The normalized spacial score (nSPS) is 12.0. The number of aliphatic hydroxyl groups excluding tert-OH is 2. The number of ether oxygens (including phenoxy) is 2. The zero-order valence-corrected chi connectivity index (χ0v) is 13.2. The van der Waals surface area contributed by atoms with Crippen molar-refractivity contribution >= 4 is 11.4 Å². The highest BCUT2D eigenvalue weighted by molar-refractivity contribution is 5.81. The summed E-state index contributed by atoms with van der Waals surface area (Å²) in [5.41, 5.74) is 15.2. The van der Waals surface area contributed by atoms with Gasteiger partial charge in [-0.25, -0.2) is 0 Å². The minimum absolute atomic E-state index is 0.207. The summed E-state index contributed by atoms with van der Waals surface area (Å²) in [4.78, 5) is 0. The molecule has 0 aromatic heterocycles. The van der Waals surface area contributed by atoms with Gasteiger partial charge in [-0.1, -0.05) is 0 Å². The van der Waals surface area contributed by atoms with E-state index in [0.29, 0.717) is 28.4 Å². The van der Waals surface area contributed by atoms with Crippen LogP contribution < -0.4 is 20.9 Å². The number of hydrogen-bond donors (Lipinski definition) is 4. The standard InChI is InChI=1S/C17H22N2O4/c1-22-12-3-4-17(23-2)15(8-12)13-5-10(18)6-16(19)14(13)7-11(21)9-20/h3-6,8,11,20-21H,7,9,18-19H2,1-2H3. The first-order valence-electron chi connectivity index (χ1n) is 7.19. The number of hydrogen-bond acceptors (Lipinski definition) is 6. The van der Waals surface area contributed by atoms with Gasteiger partial charge < -0.3 is 31.2 Å². The first-order valence-corrected chi connectivity index (χ1v) is 7.19. The number of nitrogen functional groups attached to an aromatic ring is 2. The zero-order chi connectivity index (χ0) is 17.0. The molecule has 0 bridgehead atoms. The minimum atomic E-state index is -0.906. The molecule has 2 rings (SSSR count). The number of aliphatic hydroxyl groups is 2. The second-order valence-corrected chi connectivity index (χ2v) is 5.24. The first kappa shape index (κ1) is 16.9. The monoisotopic (exact) mass is 318 g/mol. The Kier molecular flexibility index (Phi) is 5.31. The van der Waals surface area contributed by atoms with Gasteiger partial charge in [-0.3, -0.25) is 0 Å². The van der Waals surface area contributed by atoms with Crippen molar-refractivity contribution < 1.29 is 19.7 Å². The van der Waals surface area contributed by atoms with Gasteiger partial charge in [0.1, 0.15) is 11.5 Å². The lowest BCUT2D eigenvalue weighted by molar-refractivity contribution is 0.0957. The lowest BCUT2D eigenvalue weighted by Crippen LogP contribution is -2.17. The van der Waals surface area contributed by atoms with Gasteiger partial charge in [0.2, 0.25) is 0 Å². The fourth-order valence-corrected chi connectivity index (χ4v) is 2.51. The third-order valence-corrected chi connectivity index (χ3v) is 3.65. The largest absolute Gasteiger partial charge is 0.497 e. The molecule has 2 aromatic rings. The maximum Gasteiger partial charge on any atom is 0.126 e. The second-order valence-electron chi connectivity index (χ2n) is 5.24. The van der Waals surface area contributed by atoms with Crippen LogP contribution in [0, 0.1) is 0 Å². The molecule has 0 amide bonds. The third kappa shape index (κ3) is 3.67. The van der Waals surface area contributed by atoms with E-state index in [9.17, 15) is 5.11 Å². The Labute approximate surface area is 135 Å². The fraction of sp³-hybridized carbons (Fsp3) is 0.294. The van der Waals surface area contributed by atoms with Crippen molar-refractivity contribution in [1.82, 2.24) is 0 Å². The minimum Gasteiger partial charge on any atom is -0.497 e. The van der Waals surface area contributed by atoms with E-state index in [1.54, 1.807) is 38.5 Å². The summed E-state index contributed by atoms with van der Waals surface area (Å²) >= 11 is 0. The third-order valence-electron chi connectivity index (χ3n) is 3.65. The molecule has 6 nitrogen and oxygen atoms in total. The van der Waals surface area contributed by atoms with Gasteiger partial charge in [-0.05, 0) is 41.5 Å². The van der Waals surface area contributed by atoms with Crippen molar-refractivity contribution in [3.63, 3.8) is 0 Å². The molecule has 0 saturated heterocycles. The highest BCUT2D eigenvalue weighted by Gasteiger charge is 2.17. The van der Waals surface area contributed by atoms with Gasteiger partial charge in [0.25, 0.3) is 0 Å². The molecule has 0 heterocycles. The van der Waals surface area contributed by atoms with Crippen molar-refractivity contribution in [2.24, 2.45) is 0 Å². The van der Waals surface area contributed by atoms with Crippen molar-refractivity contribution in [3.05, 3.63) is 35.9 Å². The van der Waals surface area contributed by atoms with Gasteiger partial charge in [-0.2, -0.15) is 0 Å². The SMILES string of the molecule is COc1ccc(OC)c(-c2cc(N)cc(N)c2CC(O)CO)c1. The molecule has 0 aliphatic heterocycles. The van der Waals surface area contributed by atoms with Crippen molar-refractivity contribution in [2.45, 2.75) is 12.5 Å². The van der Waals surface area contributed by atoms with Crippen LogP contribution in [-0.2, 0) is 6.42 Å². The van der Waals surface area contributed by atoms with E-state index in [1.807, 2.05) is 6.07 Å². The van der Waals surface area contributed by atoms with E-state index in [1.165, 1.54) is 0 Å². The number of rotatable bonds is 6. The molecule has 0 radical (unpaired) electrons. The Balaban J connectivity index is 2.66. The quantitative estimate of drug-likeness (QED) is 0.600. The summed E-state index contributed by atoms with van der Waals surface area (Å²) in [6, 6.07) is 8.81. The molecular weight excluding hydrogens is 296 g/mol. The Morgan fingerprint density at radius 1 is 1.04 bits per heavy atom. The topological polar surface area (TPSA) is 111 Å². The maximum absolute atomic E-state index is 9.81. The number of methoxy groups -OCH3 is 2. The van der Waals surface area contributed by atoms with Crippen LogP contribution in [0.2, 0.25) is 0 Å². The Morgan fingerprint density at radius 2 is 1.78 bits per heavy atom. The Hall–Kier alpha value is -2.44. The number of nitrogens with two attached hydrogens (primary N) is 2. The predicted octanol–water partition coefficient (Wildman–Crippen LogP) is 1.43. The summed E-state index contributed by atoms with van der Waals surface area (Å²) in [7, 11) is 3.15. The number of benzene rings is 2. The van der Waals surface area contributed by atoms with Crippen molar-refractivity contribution in [3.8, 4) is 22.6 Å². The maximum atomic E-state index is 9.81. The average molecular weight is 318 g/mol. The van der Waals surface area contributed by atoms with Gasteiger partial charge in [0.05, 0.1) is 26.9 Å². The van der Waals surface area contributed by atoms with Gasteiger partial charge >= 0.3 is 0 Å². The van der Waals surface area contributed by atoms with E-state index >= 15 is 0 Å². The molecule has 0 saturated carbocycles. The highest BCUT2D eigenvalue weighted by atomic mass is 16.5. The molecule has 0 aliphatic carbocycles. The molecule has 2 aromatic carbocycles. The Bertz CT molecular complexity index is 689. The lowest BCUT2D eigenvalue weighted by Gasteiger charge is -2.18. The summed E-state index contributed by atoms with van der Waals surface area (Å²) in [5, 5.41) is 18.9. The van der Waals surface area contributed by atoms with Crippen LogP contribution in [0.4, 0.5) is 11.4 Å². The van der Waals surface area contributed by atoms with Crippen LogP contribution in [-0.4, -0.2) is 37.1 Å². The number of anilines is 2. The van der Waals surface area contributed by atoms with Crippen molar-refractivity contribution in [1.29, 1.82) is 0 Å². The van der Waals surface area contributed by atoms with Gasteiger partial charge in [0.15, 0.2) is 0 Å². The molecule has 0 spiro atoms. The van der Waals surface area contributed by atoms with Crippen LogP contribution in [0.1, 0.15) is 5.56 Å². The molecule has 0 fully saturated rings. The average Bonchev–Trinajstić information content (AvgIpc) is 2.56. The van der Waals surface area contributed by atoms with E-state index < -0.39 is 6.10 Å². The van der Waals surface area contributed by atoms with Gasteiger partial charge in [-0.15, -0.1) is 0 Å². The molecular formula is C17H22N2O4. The van der Waals surface area contributed by atoms with Crippen molar-refractivity contribution in [2.75, 3.05) is 32.3 Å².